The molecule has 0 aliphatic carbocycles. The van der Waals surface area contributed by atoms with Crippen LogP contribution in [0.15, 0.2) is 64.4 Å². The van der Waals surface area contributed by atoms with Gasteiger partial charge in [0, 0.05) is 15.7 Å². The fourth-order valence-corrected chi connectivity index (χ4v) is 3.90. The Kier molecular flexibility index (Phi) is 3.31. The molecule has 0 amide bonds. The van der Waals surface area contributed by atoms with Gasteiger partial charge in [-0.15, -0.1) is 0 Å². The highest BCUT2D eigenvalue weighted by Gasteiger charge is 2.15. The van der Waals surface area contributed by atoms with Crippen molar-refractivity contribution >= 4 is 19.7 Å². The van der Waals surface area contributed by atoms with Gasteiger partial charge in [-0.05, 0) is 24.3 Å². The van der Waals surface area contributed by atoms with Crippen LogP contribution in [-0.4, -0.2) is 8.42 Å². The molecule has 2 nitrogen and oxygen atoms in total. The van der Waals surface area contributed by atoms with E-state index < -0.39 is 8.87 Å². The number of hydrogen-bond acceptors (Lipinski definition) is 3. The molecule has 4 heteroatoms. The van der Waals surface area contributed by atoms with Crippen molar-refractivity contribution in [1.29, 1.82) is 0 Å². The maximum Gasteiger partial charge on any atom is 0.234 e. The lowest BCUT2D eigenvalue weighted by Crippen LogP contribution is -1.94. The predicted octanol–water partition coefficient (Wildman–Crippen LogP) is 2.97. The molecule has 0 aliphatic rings. The van der Waals surface area contributed by atoms with E-state index in [9.17, 15) is 8.42 Å². The van der Waals surface area contributed by atoms with Crippen molar-refractivity contribution in [1.82, 2.24) is 0 Å². The summed E-state index contributed by atoms with van der Waals surface area (Å²) in [7, 11) is -2.51. The summed E-state index contributed by atoms with van der Waals surface area (Å²) >= 11 is 0. The molecule has 1 radical (unpaired) electrons. The minimum absolute atomic E-state index is 0.317. The van der Waals surface area contributed by atoms with E-state index in [1.54, 1.807) is 54.6 Å². The quantitative estimate of drug-likeness (QED) is 0.784. The van der Waals surface area contributed by atoms with Crippen molar-refractivity contribution in [2.45, 2.75) is 9.79 Å². The molecule has 0 aliphatic heterocycles. The molecule has 0 unspecified atom stereocenters. The Labute approximate surface area is 98.6 Å². The minimum atomic E-state index is -3.33. The van der Waals surface area contributed by atoms with Crippen LogP contribution < -0.4 is 0 Å². The molecule has 2 aromatic carbocycles. The third kappa shape index (κ3) is 2.65. The smallest absolute Gasteiger partial charge is 0.212 e. The lowest BCUT2D eigenvalue weighted by atomic mass is 10.4. The Bertz CT molecular complexity index is 548. The van der Waals surface area contributed by atoms with Crippen molar-refractivity contribution in [3.8, 4) is 0 Å². The van der Waals surface area contributed by atoms with Crippen LogP contribution in [-0.2, 0) is 8.87 Å². The molecule has 0 atom stereocenters. The Morgan fingerprint density at radius 3 is 2.25 bits per heavy atom. The van der Waals surface area contributed by atoms with Crippen molar-refractivity contribution in [2.24, 2.45) is 0 Å². The Hall–Kier alpha value is -1.26. The molecule has 16 heavy (non-hydrogen) atoms. The van der Waals surface area contributed by atoms with Gasteiger partial charge in [-0.2, -0.15) is 0 Å². The number of rotatable bonds is 3. The zero-order valence-electron chi connectivity index (χ0n) is 8.33. The summed E-state index contributed by atoms with van der Waals surface area (Å²) in [6, 6.07) is 18.3. The second-order valence-corrected chi connectivity index (χ2v) is 6.88. The van der Waals surface area contributed by atoms with E-state index in [0.717, 1.165) is 10.8 Å². The average Bonchev–Trinajstić information content (AvgIpc) is 2.31. The molecule has 0 saturated carbocycles. The molecule has 0 bridgehead atoms. The van der Waals surface area contributed by atoms with Crippen molar-refractivity contribution < 1.29 is 8.42 Å². The van der Waals surface area contributed by atoms with Crippen LogP contribution in [0.1, 0.15) is 0 Å². The molecular weight excluding hydrogens is 240 g/mol. The van der Waals surface area contributed by atoms with Gasteiger partial charge in [0.25, 0.3) is 0 Å². The summed E-state index contributed by atoms with van der Waals surface area (Å²) in [6.07, 6.45) is 0. The van der Waals surface area contributed by atoms with Crippen LogP contribution in [0.2, 0.25) is 0 Å². The van der Waals surface area contributed by atoms with E-state index in [4.69, 9.17) is 0 Å². The lowest BCUT2D eigenvalue weighted by molar-refractivity contribution is 0.610. The van der Waals surface area contributed by atoms with E-state index in [-0.39, 0.29) is 0 Å². The lowest BCUT2D eigenvalue weighted by Gasteiger charge is -2.02. The zero-order valence-corrected chi connectivity index (χ0v) is 9.96. The first-order valence-electron chi connectivity index (χ1n) is 4.65. The van der Waals surface area contributed by atoms with Crippen molar-refractivity contribution in [2.75, 3.05) is 0 Å². The predicted molar refractivity (Wildman–Crippen MR) is 64.8 cm³/mol. The van der Waals surface area contributed by atoms with Gasteiger partial charge < -0.3 is 0 Å². The Balaban J connectivity index is 2.29. The summed E-state index contributed by atoms with van der Waals surface area (Å²) in [4.78, 5) is 0.920. The van der Waals surface area contributed by atoms with Gasteiger partial charge in [0.1, 0.15) is 0 Å². The first kappa shape index (κ1) is 11.2. The normalized spacial score (nSPS) is 11.2. The monoisotopic (exact) mass is 249 g/mol. The largest absolute Gasteiger partial charge is 0.234 e. The fraction of sp³-hybridized carbons (Fsp3) is 0. The van der Waals surface area contributed by atoms with Gasteiger partial charge in [0.2, 0.25) is 8.87 Å². The first-order valence-corrected chi connectivity index (χ1v) is 7.46. The second-order valence-electron chi connectivity index (χ2n) is 3.08. The molecule has 2 rings (SSSR count). The van der Waals surface area contributed by atoms with E-state index in [0.29, 0.717) is 9.79 Å². The third-order valence-corrected chi connectivity index (χ3v) is 5.19. The highest BCUT2D eigenvalue weighted by molar-refractivity contribution is 8.72. The number of benzene rings is 2. The number of hydrogen-bond donors (Lipinski definition) is 0. The highest BCUT2D eigenvalue weighted by Crippen LogP contribution is 2.29. The third-order valence-electron chi connectivity index (χ3n) is 1.91. The van der Waals surface area contributed by atoms with Gasteiger partial charge in [-0.25, -0.2) is 8.42 Å². The standard InChI is InChI=1S/C12H9O2S2/c13-16(14,12-9-5-2-6-10-12)15-11-7-3-1-4-8-11/h1-7,9-10H. The topological polar surface area (TPSA) is 34.1 Å². The summed E-state index contributed by atoms with van der Waals surface area (Å²) < 4.78 is 23.9. The van der Waals surface area contributed by atoms with Gasteiger partial charge in [-0.1, -0.05) is 36.4 Å². The summed E-state index contributed by atoms with van der Waals surface area (Å²) in [5, 5.41) is 0. The van der Waals surface area contributed by atoms with Crippen molar-refractivity contribution in [3.05, 3.63) is 60.7 Å². The molecule has 0 heterocycles. The highest BCUT2D eigenvalue weighted by atomic mass is 33.1. The molecule has 2 aromatic rings. The molecule has 0 saturated heterocycles. The van der Waals surface area contributed by atoms with Crippen LogP contribution >= 0.6 is 10.8 Å². The van der Waals surface area contributed by atoms with Crippen LogP contribution in [0, 0.1) is 6.07 Å². The second kappa shape index (κ2) is 4.72. The van der Waals surface area contributed by atoms with E-state index >= 15 is 0 Å². The summed E-state index contributed by atoms with van der Waals surface area (Å²) in [5.41, 5.74) is 0. The molecular formula is C12H9O2S2. The molecule has 0 N–H and O–H groups in total. The first-order chi connectivity index (χ1) is 7.68. The molecule has 0 aromatic heterocycles. The van der Waals surface area contributed by atoms with Crippen LogP contribution in [0.3, 0.4) is 0 Å². The molecule has 0 fully saturated rings. The van der Waals surface area contributed by atoms with Crippen molar-refractivity contribution in [3.63, 3.8) is 0 Å². The van der Waals surface area contributed by atoms with E-state index in [2.05, 4.69) is 6.07 Å². The molecule has 0 spiro atoms. The fourth-order valence-electron chi connectivity index (χ4n) is 1.18. The summed E-state index contributed by atoms with van der Waals surface area (Å²) in [6.45, 7) is 0. The van der Waals surface area contributed by atoms with E-state index in [1.807, 2.05) is 0 Å². The van der Waals surface area contributed by atoms with Gasteiger partial charge in [0.15, 0.2) is 0 Å². The zero-order chi connectivity index (χ0) is 11.4. The van der Waals surface area contributed by atoms with Crippen LogP contribution in [0.5, 0.6) is 0 Å². The van der Waals surface area contributed by atoms with Gasteiger partial charge >= 0.3 is 0 Å². The van der Waals surface area contributed by atoms with Gasteiger partial charge in [0.05, 0.1) is 4.90 Å². The molecule has 81 valence electrons. The van der Waals surface area contributed by atoms with Gasteiger partial charge in [-0.3, -0.25) is 0 Å². The summed E-state index contributed by atoms with van der Waals surface area (Å²) in [5.74, 6) is 0. The maximum absolute atomic E-state index is 11.9. The van der Waals surface area contributed by atoms with Crippen LogP contribution in [0.4, 0.5) is 0 Å². The SMILES string of the molecule is O=S(=O)(Sc1[c]cccc1)c1ccccc1. The van der Waals surface area contributed by atoms with Crippen LogP contribution in [0.25, 0.3) is 0 Å². The Morgan fingerprint density at radius 2 is 1.62 bits per heavy atom. The Morgan fingerprint density at radius 1 is 0.938 bits per heavy atom. The minimum Gasteiger partial charge on any atom is -0.212 e. The maximum atomic E-state index is 11.9. The average molecular weight is 249 g/mol. The van der Waals surface area contributed by atoms with E-state index in [1.165, 1.54) is 0 Å².